The maximum absolute atomic E-state index is 14.5. The number of phenolic OH excluding ortho intramolecular Hbond substituents is 1. The summed E-state index contributed by atoms with van der Waals surface area (Å²) in [4.78, 5) is 29.6. The lowest BCUT2D eigenvalue weighted by Gasteiger charge is -2.29. The maximum atomic E-state index is 14.5. The molecule has 33 heavy (non-hydrogen) atoms. The van der Waals surface area contributed by atoms with Crippen molar-refractivity contribution in [3.05, 3.63) is 60.0 Å². The summed E-state index contributed by atoms with van der Waals surface area (Å²) in [6.45, 7) is 4.32. The summed E-state index contributed by atoms with van der Waals surface area (Å²) < 4.78 is 14.5. The first-order valence-electron chi connectivity index (χ1n) is 10.5. The zero-order valence-electron chi connectivity index (χ0n) is 18.1. The van der Waals surface area contributed by atoms with Gasteiger partial charge in [-0.15, -0.1) is 0 Å². The second kappa shape index (κ2) is 9.25. The number of phenols is 1. The highest BCUT2D eigenvalue weighted by Crippen LogP contribution is 2.39. The van der Waals surface area contributed by atoms with Gasteiger partial charge in [-0.25, -0.2) is 9.37 Å². The number of nitrogens with two attached hydrogens (primary N) is 1. The fourth-order valence-electron chi connectivity index (χ4n) is 3.84. The summed E-state index contributed by atoms with van der Waals surface area (Å²) in [6.07, 6.45) is 0. The van der Waals surface area contributed by atoms with Crippen molar-refractivity contribution in [2.24, 2.45) is 5.73 Å². The molecule has 0 spiro atoms. The molecule has 5 N–H and O–H groups in total. The molecule has 0 unspecified atom stereocenters. The predicted octanol–water partition coefficient (Wildman–Crippen LogP) is 2.73. The number of hydrogen-bond acceptors (Lipinski definition) is 6. The second-order valence-electron chi connectivity index (χ2n) is 7.78. The fraction of sp³-hybridized carbons (Fsp3) is 0.208. The van der Waals surface area contributed by atoms with Crippen LogP contribution in [0.3, 0.4) is 0 Å². The molecule has 2 heterocycles. The van der Waals surface area contributed by atoms with Gasteiger partial charge in [0.05, 0.1) is 5.69 Å². The molecule has 0 aliphatic carbocycles. The molecule has 0 atom stereocenters. The van der Waals surface area contributed by atoms with Gasteiger partial charge < -0.3 is 26.4 Å². The van der Waals surface area contributed by atoms with Crippen LogP contribution in [-0.2, 0) is 4.79 Å². The lowest BCUT2D eigenvalue weighted by Crippen LogP contribution is -2.44. The minimum absolute atomic E-state index is 0.0581. The molecule has 8 nitrogen and oxygen atoms in total. The molecule has 170 valence electrons. The van der Waals surface area contributed by atoms with Gasteiger partial charge in [0.15, 0.2) is 0 Å². The molecule has 3 aromatic rings. The Morgan fingerprint density at radius 2 is 1.79 bits per heavy atom. The van der Waals surface area contributed by atoms with Crippen LogP contribution in [0.4, 0.5) is 15.9 Å². The van der Waals surface area contributed by atoms with Gasteiger partial charge in [0, 0.05) is 44.2 Å². The minimum Gasteiger partial charge on any atom is -0.507 e. The van der Waals surface area contributed by atoms with Crippen molar-refractivity contribution < 1.29 is 19.1 Å². The van der Waals surface area contributed by atoms with Crippen molar-refractivity contribution in [1.29, 1.82) is 0 Å². The quantitative estimate of drug-likeness (QED) is 0.475. The molecule has 1 saturated heterocycles. The van der Waals surface area contributed by atoms with E-state index in [2.05, 4.69) is 15.6 Å². The van der Waals surface area contributed by atoms with E-state index in [-0.39, 0.29) is 23.0 Å². The molecule has 1 fully saturated rings. The van der Waals surface area contributed by atoms with Crippen LogP contribution in [0, 0.1) is 5.82 Å². The minimum atomic E-state index is -0.667. The Morgan fingerprint density at radius 1 is 1.09 bits per heavy atom. The van der Waals surface area contributed by atoms with Crippen LogP contribution in [0.5, 0.6) is 5.75 Å². The van der Waals surface area contributed by atoms with Crippen molar-refractivity contribution in [2.45, 2.75) is 6.92 Å². The standard InChI is InChI=1S/C24H24FN5O3/c1-14(31)28-20-6-5-15(11-19(20)25)17-3-2-4-18(23(17)32)16-12-21(24(26)33)29-22(13-16)30-9-7-27-8-10-30/h2-6,11-13,27,32H,7-10H2,1H3,(H2,26,33)(H,28,31). The molecular formula is C24H24FN5O3. The molecule has 2 amide bonds. The van der Waals surface area contributed by atoms with Crippen LogP contribution < -0.4 is 21.3 Å². The molecule has 9 heteroatoms. The molecular weight excluding hydrogens is 425 g/mol. The number of primary amides is 1. The summed E-state index contributed by atoms with van der Waals surface area (Å²) in [7, 11) is 0. The van der Waals surface area contributed by atoms with Crippen LogP contribution in [0.1, 0.15) is 17.4 Å². The molecule has 1 aromatic heterocycles. The number of halogens is 1. The van der Waals surface area contributed by atoms with Gasteiger partial charge in [-0.2, -0.15) is 0 Å². The molecule has 0 bridgehead atoms. The Labute approximate surface area is 190 Å². The number of piperazine rings is 1. The monoisotopic (exact) mass is 449 g/mol. The van der Waals surface area contributed by atoms with Crippen LogP contribution in [0.2, 0.25) is 0 Å². The predicted molar refractivity (Wildman–Crippen MR) is 125 cm³/mol. The maximum Gasteiger partial charge on any atom is 0.267 e. The van der Waals surface area contributed by atoms with Crippen molar-refractivity contribution in [1.82, 2.24) is 10.3 Å². The number of aromatic hydroxyl groups is 1. The number of benzene rings is 2. The Hall–Kier alpha value is -3.98. The fourth-order valence-corrected chi connectivity index (χ4v) is 3.84. The molecule has 2 aromatic carbocycles. The van der Waals surface area contributed by atoms with E-state index in [9.17, 15) is 19.1 Å². The SMILES string of the molecule is CC(=O)Nc1ccc(-c2cccc(-c3cc(C(N)=O)nc(N4CCNCC4)c3)c2O)cc1F. The van der Waals surface area contributed by atoms with Crippen molar-refractivity contribution in [2.75, 3.05) is 36.4 Å². The first-order valence-corrected chi connectivity index (χ1v) is 10.5. The highest BCUT2D eigenvalue weighted by atomic mass is 19.1. The molecule has 4 rings (SSSR count). The average molecular weight is 449 g/mol. The van der Waals surface area contributed by atoms with Gasteiger partial charge in [-0.05, 0) is 35.4 Å². The highest BCUT2D eigenvalue weighted by molar-refractivity contribution is 5.94. The van der Waals surface area contributed by atoms with Gasteiger partial charge in [0.1, 0.15) is 23.1 Å². The molecule has 1 aliphatic rings. The van der Waals surface area contributed by atoms with Gasteiger partial charge in [0.25, 0.3) is 5.91 Å². The summed E-state index contributed by atoms with van der Waals surface area (Å²) in [6, 6.07) is 12.8. The Balaban J connectivity index is 1.77. The smallest absolute Gasteiger partial charge is 0.267 e. The van der Waals surface area contributed by atoms with E-state index in [0.29, 0.717) is 28.1 Å². The highest BCUT2D eigenvalue weighted by Gasteiger charge is 2.19. The van der Waals surface area contributed by atoms with E-state index in [4.69, 9.17) is 5.73 Å². The Kier molecular flexibility index (Phi) is 6.23. The number of anilines is 2. The van der Waals surface area contributed by atoms with E-state index in [1.54, 1.807) is 30.3 Å². The van der Waals surface area contributed by atoms with Crippen LogP contribution in [0.25, 0.3) is 22.3 Å². The van der Waals surface area contributed by atoms with E-state index in [0.717, 1.165) is 26.2 Å². The van der Waals surface area contributed by atoms with Gasteiger partial charge in [-0.3, -0.25) is 9.59 Å². The van der Waals surface area contributed by atoms with Gasteiger partial charge in [-0.1, -0.05) is 24.3 Å². The number of carbonyl (C=O) groups is 2. The zero-order chi connectivity index (χ0) is 23.5. The number of aromatic nitrogens is 1. The third kappa shape index (κ3) is 4.78. The number of rotatable bonds is 5. The van der Waals surface area contributed by atoms with Crippen LogP contribution in [0.15, 0.2) is 48.5 Å². The first-order chi connectivity index (χ1) is 15.8. The lowest BCUT2D eigenvalue weighted by molar-refractivity contribution is -0.114. The summed E-state index contributed by atoms with van der Waals surface area (Å²) in [5, 5.41) is 16.8. The van der Waals surface area contributed by atoms with Gasteiger partial charge in [0.2, 0.25) is 5.91 Å². The Morgan fingerprint density at radius 3 is 2.42 bits per heavy atom. The first kappa shape index (κ1) is 22.2. The number of nitrogens with one attached hydrogen (secondary N) is 2. The third-order valence-corrected chi connectivity index (χ3v) is 5.44. The number of para-hydroxylation sites is 1. The van der Waals surface area contributed by atoms with Crippen molar-refractivity contribution >= 4 is 23.3 Å². The number of carbonyl (C=O) groups excluding carboxylic acids is 2. The van der Waals surface area contributed by atoms with E-state index < -0.39 is 11.7 Å². The van der Waals surface area contributed by atoms with Crippen LogP contribution >= 0.6 is 0 Å². The Bertz CT molecular complexity index is 1220. The summed E-state index contributed by atoms with van der Waals surface area (Å²) in [5.41, 5.74) is 7.54. The van der Waals surface area contributed by atoms with E-state index in [1.165, 1.54) is 25.1 Å². The average Bonchev–Trinajstić information content (AvgIpc) is 2.80. The number of amides is 2. The normalized spacial score (nSPS) is 13.6. The topological polar surface area (TPSA) is 121 Å². The number of hydrogen-bond donors (Lipinski definition) is 4. The number of pyridine rings is 1. The lowest BCUT2D eigenvalue weighted by atomic mass is 9.97. The van der Waals surface area contributed by atoms with Crippen molar-refractivity contribution in [3.63, 3.8) is 0 Å². The largest absolute Gasteiger partial charge is 0.507 e. The van der Waals surface area contributed by atoms with E-state index >= 15 is 0 Å². The number of nitrogens with zero attached hydrogens (tertiary/aromatic N) is 2. The molecule has 0 saturated carbocycles. The zero-order valence-corrected chi connectivity index (χ0v) is 18.1. The molecule has 0 radical (unpaired) electrons. The van der Waals surface area contributed by atoms with Crippen LogP contribution in [-0.4, -0.2) is 48.1 Å². The van der Waals surface area contributed by atoms with Crippen molar-refractivity contribution in [3.8, 4) is 28.0 Å². The summed E-state index contributed by atoms with van der Waals surface area (Å²) >= 11 is 0. The van der Waals surface area contributed by atoms with E-state index in [1.807, 2.05) is 4.90 Å². The second-order valence-corrected chi connectivity index (χ2v) is 7.78. The summed E-state index contributed by atoms with van der Waals surface area (Å²) in [5.74, 6) is -1.14. The third-order valence-electron chi connectivity index (χ3n) is 5.44. The van der Waals surface area contributed by atoms with Gasteiger partial charge >= 0.3 is 0 Å². The molecule has 1 aliphatic heterocycles.